The molecule has 4 aromatic carbocycles. The molecule has 5 aromatic heterocycles. The first-order valence-electron chi connectivity index (χ1n) is 15.4. The van der Waals surface area contributed by atoms with Gasteiger partial charge in [-0.25, -0.2) is 4.98 Å². The number of pyridine rings is 3. The van der Waals surface area contributed by atoms with Gasteiger partial charge in [0.25, 0.3) is 0 Å². The van der Waals surface area contributed by atoms with Gasteiger partial charge in [0.2, 0.25) is 0 Å². The van der Waals surface area contributed by atoms with Crippen molar-refractivity contribution in [3.05, 3.63) is 139 Å². The molecule has 0 saturated carbocycles. The minimum absolute atomic E-state index is 0. The van der Waals surface area contributed by atoms with Gasteiger partial charge in [0.15, 0.2) is 0 Å². The fourth-order valence-electron chi connectivity index (χ4n) is 7.27. The Morgan fingerprint density at radius 3 is 2.34 bits per heavy atom. The molecular weight excluding hydrogens is 762 g/mol. The van der Waals surface area contributed by atoms with Crippen molar-refractivity contribution < 1.29 is 25.8 Å². The molecule has 47 heavy (non-hydrogen) atoms. The van der Waals surface area contributed by atoms with Gasteiger partial charge in [-0.2, -0.15) is 6.07 Å². The summed E-state index contributed by atoms with van der Waals surface area (Å²) >= 11 is 0. The average Bonchev–Trinajstić information content (AvgIpc) is 3.69. The zero-order valence-electron chi connectivity index (χ0n) is 25.4. The third-order valence-corrected chi connectivity index (χ3v) is 9.46. The van der Waals surface area contributed by atoms with Crippen molar-refractivity contribution in [1.82, 2.24) is 23.9 Å². The Bertz CT molecular complexity index is 2710. The minimum atomic E-state index is -0.176. The van der Waals surface area contributed by atoms with Crippen molar-refractivity contribution in [3.63, 3.8) is 0 Å². The molecule has 0 N–H and O–H groups in total. The smallest absolute Gasteiger partial charge is 0.503 e. The van der Waals surface area contributed by atoms with Crippen molar-refractivity contribution in [2.75, 3.05) is 0 Å². The quantitative estimate of drug-likeness (QED) is 0.133. The first kappa shape index (κ1) is 27.9. The van der Waals surface area contributed by atoms with E-state index in [0.29, 0.717) is 11.5 Å². The largest absolute Gasteiger partial charge is 2.00 e. The molecular formula is C40H25N5OPt. The van der Waals surface area contributed by atoms with Crippen molar-refractivity contribution in [2.45, 2.75) is 19.3 Å². The Morgan fingerprint density at radius 2 is 1.47 bits per heavy atom. The Hall–Kier alpha value is -5.32. The number of fused-ring (bicyclic) bond motifs is 11. The first-order valence-corrected chi connectivity index (χ1v) is 15.4. The van der Waals surface area contributed by atoms with Crippen LogP contribution in [0.25, 0.3) is 66.3 Å². The van der Waals surface area contributed by atoms with Crippen LogP contribution in [0.4, 0.5) is 0 Å². The third-order valence-electron chi connectivity index (χ3n) is 9.46. The second kappa shape index (κ2) is 10.1. The monoisotopic (exact) mass is 786 g/mol. The first-order chi connectivity index (χ1) is 22.6. The van der Waals surface area contributed by atoms with Crippen LogP contribution < -0.4 is 4.74 Å². The van der Waals surface area contributed by atoms with Gasteiger partial charge >= 0.3 is 21.1 Å². The van der Waals surface area contributed by atoms with E-state index in [-0.39, 0.29) is 26.5 Å². The molecule has 6 heterocycles. The number of nitrogens with zero attached hydrogens (tertiary/aromatic N) is 5. The van der Waals surface area contributed by atoms with E-state index in [1.54, 1.807) is 0 Å². The van der Waals surface area contributed by atoms with Crippen LogP contribution in [0.5, 0.6) is 11.5 Å². The van der Waals surface area contributed by atoms with Crippen molar-refractivity contribution >= 4 is 49.3 Å². The van der Waals surface area contributed by atoms with Crippen LogP contribution in [-0.4, -0.2) is 23.9 Å². The summed E-state index contributed by atoms with van der Waals surface area (Å²) in [7, 11) is 0. The maximum atomic E-state index is 6.52. The second-order valence-corrected chi connectivity index (χ2v) is 12.4. The summed E-state index contributed by atoms with van der Waals surface area (Å²) in [5.74, 6) is 2.13. The molecule has 1 aliphatic rings. The SMILES string of the molecule is CC1(C)c2cccnc2-n2c3[c-]c(Oc4[c-]c5c(cc4)c4ncccc4n4cc(-c6ccccc6)nc54)ccc3c3cccc1c32.[Pt+2]. The Labute approximate surface area is 284 Å². The van der Waals surface area contributed by atoms with Crippen LogP contribution in [0.1, 0.15) is 25.0 Å². The van der Waals surface area contributed by atoms with Gasteiger partial charge in [0.1, 0.15) is 5.82 Å². The number of benzene rings is 4. The topological polar surface area (TPSA) is 57.2 Å². The zero-order chi connectivity index (χ0) is 30.6. The maximum Gasteiger partial charge on any atom is 2.00 e. The van der Waals surface area contributed by atoms with E-state index in [1.165, 1.54) is 22.0 Å². The molecule has 0 saturated heterocycles. The van der Waals surface area contributed by atoms with Crippen molar-refractivity contribution in [1.29, 1.82) is 0 Å². The molecule has 0 atom stereocenters. The summed E-state index contributed by atoms with van der Waals surface area (Å²) < 4.78 is 10.9. The van der Waals surface area contributed by atoms with E-state index in [0.717, 1.165) is 55.4 Å². The fraction of sp³-hybridized carbons (Fsp3) is 0.0750. The Morgan fingerprint density at radius 1 is 0.702 bits per heavy atom. The molecule has 0 radical (unpaired) electrons. The molecule has 10 rings (SSSR count). The van der Waals surface area contributed by atoms with Gasteiger partial charge in [-0.1, -0.05) is 96.9 Å². The van der Waals surface area contributed by atoms with Crippen LogP contribution >= 0.6 is 0 Å². The number of hydrogen-bond acceptors (Lipinski definition) is 4. The molecule has 1 aliphatic heterocycles. The van der Waals surface area contributed by atoms with Gasteiger partial charge in [0.05, 0.1) is 22.4 Å². The summed E-state index contributed by atoms with van der Waals surface area (Å²) in [6, 6.07) is 40.3. The van der Waals surface area contributed by atoms with Crippen molar-refractivity contribution in [2.24, 2.45) is 0 Å². The van der Waals surface area contributed by atoms with E-state index in [1.807, 2.05) is 54.9 Å². The zero-order valence-corrected chi connectivity index (χ0v) is 27.7. The van der Waals surface area contributed by atoms with Gasteiger partial charge in [-0.3, -0.25) is 9.97 Å². The van der Waals surface area contributed by atoms with Crippen molar-refractivity contribution in [3.8, 4) is 28.6 Å². The molecule has 7 heteroatoms. The molecule has 226 valence electrons. The molecule has 6 nitrogen and oxygen atoms in total. The number of hydrogen-bond donors (Lipinski definition) is 0. The average molecular weight is 787 g/mol. The van der Waals surface area contributed by atoms with Crippen LogP contribution in [-0.2, 0) is 26.5 Å². The van der Waals surface area contributed by atoms with E-state index >= 15 is 0 Å². The standard InChI is InChI=1S/C40H25N5O.Pt/c1-40(2)31-12-6-11-29-27-17-15-26(22-35(27)45(37(29)31)39-32(40)13-7-20-42-39)46-25-16-18-28-30(21-25)38-43-33(24-9-4-3-5-10-24)23-44(38)34-14-8-19-41-36(28)34;/h3-20,23H,1-2H3;/q-2;+2. The number of rotatable bonds is 3. The number of para-hydroxylation sites is 1. The summed E-state index contributed by atoms with van der Waals surface area (Å²) in [5, 5.41) is 4.12. The Balaban J connectivity index is 0.00000302. The summed E-state index contributed by atoms with van der Waals surface area (Å²) in [6.45, 7) is 4.55. The third kappa shape index (κ3) is 3.91. The molecule has 0 fully saturated rings. The predicted molar refractivity (Wildman–Crippen MR) is 182 cm³/mol. The second-order valence-electron chi connectivity index (χ2n) is 12.4. The van der Waals surface area contributed by atoms with Crippen LogP contribution in [0.3, 0.4) is 0 Å². The number of imidazole rings is 1. The Kier molecular flexibility index (Phi) is 6.00. The summed E-state index contributed by atoms with van der Waals surface area (Å²) in [4.78, 5) is 14.7. The van der Waals surface area contributed by atoms with E-state index in [9.17, 15) is 0 Å². The molecule has 0 aliphatic carbocycles. The van der Waals surface area contributed by atoms with Gasteiger partial charge < -0.3 is 13.7 Å². The normalized spacial score (nSPS) is 13.3. The van der Waals surface area contributed by atoms with E-state index in [2.05, 4.69) is 95.7 Å². The summed E-state index contributed by atoms with van der Waals surface area (Å²) in [6.07, 6.45) is 5.76. The van der Waals surface area contributed by atoms with Crippen LogP contribution in [0.2, 0.25) is 0 Å². The fourth-order valence-corrected chi connectivity index (χ4v) is 7.27. The van der Waals surface area contributed by atoms with E-state index < -0.39 is 0 Å². The number of aromatic nitrogens is 5. The molecule has 0 bridgehead atoms. The van der Waals surface area contributed by atoms with Gasteiger partial charge in [0, 0.05) is 52.1 Å². The molecule has 0 amide bonds. The van der Waals surface area contributed by atoms with Gasteiger partial charge in [-0.15, -0.1) is 23.6 Å². The predicted octanol–water partition coefficient (Wildman–Crippen LogP) is 9.22. The van der Waals surface area contributed by atoms with Crippen LogP contribution in [0.15, 0.2) is 116 Å². The van der Waals surface area contributed by atoms with Gasteiger partial charge in [-0.05, 0) is 29.1 Å². The molecule has 9 aromatic rings. The maximum absolute atomic E-state index is 6.52. The summed E-state index contributed by atoms with van der Waals surface area (Å²) in [5.41, 5.74) is 9.04. The molecule has 0 unspecified atom stereocenters. The molecule has 0 spiro atoms. The minimum Gasteiger partial charge on any atom is -0.503 e. The number of ether oxygens (including phenoxy) is 1. The van der Waals surface area contributed by atoms with E-state index in [4.69, 9.17) is 19.7 Å². The van der Waals surface area contributed by atoms with Crippen LogP contribution in [0, 0.1) is 12.1 Å².